The number of carbonyl (C=O) groups excluding carboxylic acids is 1. The van der Waals surface area contributed by atoms with Crippen LogP contribution in [0.1, 0.15) is 30.6 Å². The summed E-state index contributed by atoms with van der Waals surface area (Å²) in [5.74, 6) is 0.156. The highest BCUT2D eigenvalue weighted by Crippen LogP contribution is 2.15. The molecule has 0 radical (unpaired) electrons. The molecule has 0 amide bonds. The molecule has 1 aromatic carbocycles. The summed E-state index contributed by atoms with van der Waals surface area (Å²) in [5, 5.41) is 0.567. The predicted octanol–water partition coefficient (Wildman–Crippen LogP) is 2.90. The maximum Gasteiger partial charge on any atom is 0.179 e. The molecule has 1 rings (SSSR count). The summed E-state index contributed by atoms with van der Waals surface area (Å²) in [4.78, 5) is 11.9. The lowest BCUT2D eigenvalue weighted by Crippen LogP contribution is -2.36. The number of ketones is 1. The lowest BCUT2D eigenvalue weighted by atomic mass is 9.93. The lowest BCUT2D eigenvalue weighted by molar-refractivity contribution is 0.0935. The van der Waals surface area contributed by atoms with Crippen molar-refractivity contribution in [2.75, 3.05) is 0 Å². The highest BCUT2D eigenvalue weighted by Gasteiger charge is 2.20. The minimum Gasteiger partial charge on any atom is -0.321 e. The van der Waals surface area contributed by atoms with Crippen LogP contribution in [-0.2, 0) is 0 Å². The first-order chi connectivity index (χ1) is 7.06. The van der Waals surface area contributed by atoms with Gasteiger partial charge in [-0.1, -0.05) is 44.0 Å². The van der Waals surface area contributed by atoms with Crippen molar-refractivity contribution in [2.45, 2.75) is 26.3 Å². The van der Waals surface area contributed by atoms with Gasteiger partial charge in [-0.25, -0.2) is 0 Å². The molecule has 2 nitrogen and oxygen atoms in total. The third-order valence-electron chi connectivity index (χ3n) is 2.67. The number of benzene rings is 1. The number of Topliss-reactive ketones (excluding diaryl/α,β-unsaturated/α-hetero) is 1. The molecule has 0 aliphatic rings. The summed E-state index contributed by atoms with van der Waals surface area (Å²) in [6.45, 7) is 4.00. The molecule has 2 N–H and O–H groups in total. The SMILES string of the molecule is CCC(C)C(N)C(=O)c1cccc(Cl)c1. The highest BCUT2D eigenvalue weighted by molar-refractivity contribution is 6.31. The van der Waals surface area contributed by atoms with Crippen LogP contribution >= 0.6 is 11.6 Å². The smallest absolute Gasteiger partial charge is 0.179 e. The van der Waals surface area contributed by atoms with Crippen molar-refractivity contribution < 1.29 is 4.79 Å². The van der Waals surface area contributed by atoms with Gasteiger partial charge in [-0.2, -0.15) is 0 Å². The Morgan fingerprint density at radius 3 is 2.73 bits per heavy atom. The average Bonchev–Trinajstić information content (AvgIpc) is 2.26. The van der Waals surface area contributed by atoms with E-state index in [4.69, 9.17) is 17.3 Å². The van der Waals surface area contributed by atoms with Crippen LogP contribution in [0.4, 0.5) is 0 Å². The maximum absolute atomic E-state index is 11.9. The Hall–Kier alpha value is -0.860. The number of rotatable bonds is 4. The first-order valence-electron chi connectivity index (χ1n) is 5.11. The first kappa shape index (κ1) is 12.2. The van der Waals surface area contributed by atoms with E-state index in [0.717, 1.165) is 6.42 Å². The fourth-order valence-corrected chi connectivity index (χ4v) is 1.54. The summed E-state index contributed by atoms with van der Waals surface area (Å²) < 4.78 is 0. The molecule has 0 aliphatic heterocycles. The van der Waals surface area contributed by atoms with E-state index in [9.17, 15) is 4.79 Å². The quantitative estimate of drug-likeness (QED) is 0.801. The van der Waals surface area contributed by atoms with Crippen molar-refractivity contribution in [3.8, 4) is 0 Å². The van der Waals surface area contributed by atoms with Crippen molar-refractivity contribution in [1.29, 1.82) is 0 Å². The van der Waals surface area contributed by atoms with Gasteiger partial charge in [-0.05, 0) is 18.1 Å². The molecule has 0 bridgehead atoms. The van der Waals surface area contributed by atoms with E-state index in [1.165, 1.54) is 0 Å². The molecule has 1 aromatic rings. The molecule has 0 heterocycles. The van der Waals surface area contributed by atoms with Crippen LogP contribution in [0.5, 0.6) is 0 Å². The molecule has 2 unspecified atom stereocenters. The monoisotopic (exact) mass is 225 g/mol. The molecule has 0 aromatic heterocycles. The van der Waals surface area contributed by atoms with Crippen LogP contribution in [0, 0.1) is 5.92 Å². The second-order valence-electron chi connectivity index (χ2n) is 3.79. The zero-order valence-electron chi connectivity index (χ0n) is 9.03. The molecule has 0 fully saturated rings. The van der Waals surface area contributed by atoms with Gasteiger partial charge >= 0.3 is 0 Å². The van der Waals surface area contributed by atoms with Gasteiger partial charge in [0.05, 0.1) is 6.04 Å². The van der Waals surface area contributed by atoms with Gasteiger partial charge < -0.3 is 5.73 Å². The number of hydrogen-bond donors (Lipinski definition) is 1. The van der Waals surface area contributed by atoms with E-state index in [-0.39, 0.29) is 11.7 Å². The van der Waals surface area contributed by atoms with Crippen molar-refractivity contribution >= 4 is 17.4 Å². The van der Waals surface area contributed by atoms with Crippen LogP contribution < -0.4 is 5.73 Å². The van der Waals surface area contributed by atoms with Gasteiger partial charge in [0.15, 0.2) is 5.78 Å². The maximum atomic E-state index is 11.9. The fraction of sp³-hybridized carbons (Fsp3) is 0.417. The minimum atomic E-state index is -0.437. The lowest BCUT2D eigenvalue weighted by Gasteiger charge is -2.16. The van der Waals surface area contributed by atoms with E-state index >= 15 is 0 Å². The van der Waals surface area contributed by atoms with E-state index < -0.39 is 6.04 Å². The van der Waals surface area contributed by atoms with E-state index in [0.29, 0.717) is 10.6 Å². The molecular formula is C12H16ClNO. The third-order valence-corrected chi connectivity index (χ3v) is 2.90. The molecule has 15 heavy (non-hydrogen) atoms. The summed E-state index contributed by atoms with van der Waals surface area (Å²) in [6, 6.07) is 6.47. The topological polar surface area (TPSA) is 43.1 Å². The van der Waals surface area contributed by atoms with Crippen molar-refractivity contribution in [3.63, 3.8) is 0 Å². The average molecular weight is 226 g/mol. The van der Waals surface area contributed by atoms with Crippen LogP contribution in [-0.4, -0.2) is 11.8 Å². The Morgan fingerprint density at radius 1 is 1.53 bits per heavy atom. The fourth-order valence-electron chi connectivity index (χ4n) is 1.35. The Bertz CT molecular complexity index is 351. The standard InChI is InChI=1S/C12H16ClNO/c1-3-8(2)11(14)12(15)9-5-4-6-10(13)7-9/h4-8,11H,3,14H2,1-2H3. The summed E-state index contributed by atoms with van der Waals surface area (Å²) >= 11 is 5.81. The Labute approximate surface area is 95.4 Å². The van der Waals surface area contributed by atoms with Crippen molar-refractivity contribution in [2.24, 2.45) is 11.7 Å². The summed E-state index contributed by atoms with van der Waals surface area (Å²) in [7, 11) is 0. The molecule has 0 saturated heterocycles. The number of hydrogen-bond acceptors (Lipinski definition) is 2. The third kappa shape index (κ3) is 3.05. The predicted molar refractivity (Wildman–Crippen MR) is 63.2 cm³/mol. The number of halogens is 1. The molecule has 3 heteroatoms. The first-order valence-corrected chi connectivity index (χ1v) is 5.49. The van der Waals surface area contributed by atoms with Crippen molar-refractivity contribution in [3.05, 3.63) is 34.9 Å². The molecular weight excluding hydrogens is 210 g/mol. The molecule has 0 saturated carbocycles. The Morgan fingerprint density at radius 2 is 2.20 bits per heavy atom. The zero-order chi connectivity index (χ0) is 11.4. The van der Waals surface area contributed by atoms with E-state index in [2.05, 4.69) is 0 Å². The normalized spacial score (nSPS) is 14.7. The highest BCUT2D eigenvalue weighted by atomic mass is 35.5. The van der Waals surface area contributed by atoms with Gasteiger partial charge in [0.25, 0.3) is 0 Å². The van der Waals surface area contributed by atoms with E-state index in [1.54, 1.807) is 24.3 Å². The van der Waals surface area contributed by atoms with Crippen LogP contribution in [0.15, 0.2) is 24.3 Å². The minimum absolute atomic E-state index is 0.0353. The van der Waals surface area contributed by atoms with Gasteiger partial charge in [-0.15, -0.1) is 0 Å². The van der Waals surface area contributed by atoms with Gasteiger partial charge in [0.2, 0.25) is 0 Å². The zero-order valence-corrected chi connectivity index (χ0v) is 9.79. The second kappa shape index (κ2) is 5.29. The Kier molecular flexibility index (Phi) is 4.30. The second-order valence-corrected chi connectivity index (χ2v) is 4.22. The molecule has 0 spiro atoms. The Balaban J connectivity index is 2.85. The van der Waals surface area contributed by atoms with Crippen LogP contribution in [0.3, 0.4) is 0 Å². The van der Waals surface area contributed by atoms with Crippen LogP contribution in [0.25, 0.3) is 0 Å². The largest absolute Gasteiger partial charge is 0.321 e. The van der Waals surface area contributed by atoms with Gasteiger partial charge in [-0.3, -0.25) is 4.79 Å². The molecule has 2 atom stereocenters. The van der Waals surface area contributed by atoms with Crippen LogP contribution in [0.2, 0.25) is 5.02 Å². The molecule has 0 aliphatic carbocycles. The van der Waals surface area contributed by atoms with Gasteiger partial charge in [0.1, 0.15) is 0 Å². The summed E-state index contributed by atoms with van der Waals surface area (Å²) in [5.41, 5.74) is 6.45. The van der Waals surface area contributed by atoms with E-state index in [1.807, 2.05) is 13.8 Å². The van der Waals surface area contributed by atoms with Crippen molar-refractivity contribution in [1.82, 2.24) is 0 Å². The number of nitrogens with two attached hydrogens (primary N) is 1. The number of carbonyl (C=O) groups is 1. The summed E-state index contributed by atoms with van der Waals surface area (Å²) in [6.07, 6.45) is 0.896. The van der Waals surface area contributed by atoms with Gasteiger partial charge in [0, 0.05) is 10.6 Å². The molecule has 82 valence electrons.